The molecule has 1 saturated heterocycles. The SMILES string of the molecule is Cn1c(=O)cnn(C2CCC(N3CCN(c4cccc(Cl)c4)CC3)CC2)c1=O.O=C(O)C=CC(=O)O. The van der Waals surface area contributed by atoms with Crippen LogP contribution in [0.5, 0.6) is 0 Å². The van der Waals surface area contributed by atoms with Crippen LogP contribution in [0, 0.1) is 0 Å². The Labute approximate surface area is 212 Å². The number of anilines is 1. The molecule has 1 aromatic heterocycles. The van der Waals surface area contributed by atoms with E-state index in [0.717, 1.165) is 61.5 Å². The van der Waals surface area contributed by atoms with Crippen LogP contribution in [-0.2, 0) is 16.6 Å². The Balaban J connectivity index is 0.000000392. The van der Waals surface area contributed by atoms with Gasteiger partial charge in [-0.25, -0.2) is 19.1 Å². The first-order valence-corrected chi connectivity index (χ1v) is 12.1. The standard InChI is InChI=1S/C20H26ClN5O2.C4H4O4/c1-23-19(27)14-22-26(20(23)28)17-7-5-16(6-8-17)24-9-11-25(12-10-24)18-4-2-3-15(21)13-18;5-3(6)1-2-4(7)8/h2-4,13-14,16-17H,5-12H2,1H3;1-2H,(H,5,6)(H,7,8). The molecule has 0 unspecified atom stereocenters. The number of carboxylic acid groups (broad SMARTS) is 2. The number of carboxylic acids is 2. The van der Waals surface area contributed by atoms with E-state index in [1.165, 1.54) is 23.6 Å². The van der Waals surface area contributed by atoms with E-state index in [4.69, 9.17) is 21.8 Å². The summed E-state index contributed by atoms with van der Waals surface area (Å²) in [6.07, 6.45) is 6.30. The Bertz CT molecular complexity index is 1190. The Morgan fingerprint density at radius 2 is 1.56 bits per heavy atom. The number of piperazine rings is 1. The maximum Gasteiger partial charge on any atom is 0.347 e. The van der Waals surface area contributed by atoms with Crippen molar-refractivity contribution in [2.45, 2.75) is 37.8 Å². The van der Waals surface area contributed by atoms with E-state index in [-0.39, 0.29) is 17.3 Å². The van der Waals surface area contributed by atoms with Crippen LogP contribution in [-0.4, -0.2) is 73.6 Å². The molecule has 4 rings (SSSR count). The van der Waals surface area contributed by atoms with Gasteiger partial charge in [0.15, 0.2) is 0 Å². The average Bonchev–Trinajstić information content (AvgIpc) is 2.87. The molecular weight excluding hydrogens is 490 g/mol. The Hall–Kier alpha value is -3.44. The van der Waals surface area contributed by atoms with E-state index < -0.39 is 11.9 Å². The molecule has 1 aliphatic heterocycles. The van der Waals surface area contributed by atoms with Gasteiger partial charge in [-0.1, -0.05) is 17.7 Å². The zero-order valence-corrected chi connectivity index (χ0v) is 20.8. The first-order chi connectivity index (χ1) is 17.2. The van der Waals surface area contributed by atoms with Gasteiger partial charge in [-0.05, 0) is 43.9 Å². The van der Waals surface area contributed by atoms with Crippen LogP contribution in [0.4, 0.5) is 5.69 Å². The zero-order valence-electron chi connectivity index (χ0n) is 20.0. The molecule has 194 valence electrons. The lowest BCUT2D eigenvalue weighted by Crippen LogP contribution is -2.51. The Morgan fingerprint density at radius 1 is 0.972 bits per heavy atom. The van der Waals surface area contributed by atoms with Crippen molar-refractivity contribution in [3.8, 4) is 0 Å². The minimum absolute atomic E-state index is 0.0864. The number of hydrogen-bond donors (Lipinski definition) is 2. The number of halogens is 1. The van der Waals surface area contributed by atoms with E-state index in [1.807, 2.05) is 18.2 Å². The molecule has 2 N–H and O–H groups in total. The number of nitrogens with zero attached hydrogens (tertiary/aromatic N) is 5. The van der Waals surface area contributed by atoms with E-state index in [1.54, 1.807) is 0 Å². The van der Waals surface area contributed by atoms with Crippen molar-refractivity contribution in [3.63, 3.8) is 0 Å². The molecule has 36 heavy (non-hydrogen) atoms. The smallest absolute Gasteiger partial charge is 0.347 e. The van der Waals surface area contributed by atoms with Crippen molar-refractivity contribution in [1.82, 2.24) is 19.2 Å². The highest BCUT2D eigenvalue weighted by atomic mass is 35.5. The first kappa shape index (κ1) is 27.2. The number of rotatable bonds is 5. The van der Waals surface area contributed by atoms with Crippen molar-refractivity contribution in [2.24, 2.45) is 7.05 Å². The maximum atomic E-state index is 12.3. The van der Waals surface area contributed by atoms with E-state index in [9.17, 15) is 19.2 Å². The average molecular weight is 520 g/mol. The van der Waals surface area contributed by atoms with Crippen molar-refractivity contribution in [1.29, 1.82) is 0 Å². The quantitative estimate of drug-likeness (QED) is 0.564. The summed E-state index contributed by atoms with van der Waals surface area (Å²) in [6.45, 7) is 4.09. The summed E-state index contributed by atoms with van der Waals surface area (Å²) in [5.41, 5.74) is 0.523. The summed E-state index contributed by atoms with van der Waals surface area (Å²) in [5.74, 6) is -2.51. The topological polar surface area (TPSA) is 138 Å². The Kier molecular flexibility index (Phi) is 9.43. The molecule has 0 amide bonds. The molecule has 11 nitrogen and oxygen atoms in total. The van der Waals surface area contributed by atoms with Crippen molar-refractivity contribution < 1.29 is 19.8 Å². The molecule has 0 spiro atoms. The van der Waals surface area contributed by atoms with Gasteiger partial charge in [-0.2, -0.15) is 5.10 Å². The molecular formula is C24H30ClN5O6. The summed E-state index contributed by atoms with van der Waals surface area (Å²) in [6, 6.07) is 8.69. The second kappa shape index (κ2) is 12.5. The molecule has 0 bridgehead atoms. The monoisotopic (exact) mass is 519 g/mol. The van der Waals surface area contributed by atoms with Gasteiger partial charge in [0, 0.05) is 62.1 Å². The molecule has 0 atom stereocenters. The lowest BCUT2D eigenvalue weighted by molar-refractivity contribution is -0.134. The molecule has 12 heteroatoms. The number of hydrogen-bond acceptors (Lipinski definition) is 7. The minimum atomic E-state index is -1.26. The second-order valence-corrected chi connectivity index (χ2v) is 9.18. The fourth-order valence-electron chi connectivity index (χ4n) is 4.57. The molecule has 1 saturated carbocycles. The van der Waals surface area contributed by atoms with Crippen LogP contribution in [0.15, 0.2) is 52.2 Å². The van der Waals surface area contributed by atoms with Gasteiger partial charge in [0.25, 0.3) is 5.56 Å². The van der Waals surface area contributed by atoms with Gasteiger partial charge < -0.3 is 15.1 Å². The first-order valence-electron chi connectivity index (χ1n) is 11.7. The number of aromatic nitrogens is 3. The van der Waals surface area contributed by atoms with Crippen molar-refractivity contribution in [3.05, 3.63) is 68.5 Å². The summed E-state index contributed by atoms with van der Waals surface area (Å²) in [5, 5.41) is 20.5. The zero-order chi connectivity index (χ0) is 26.2. The molecule has 2 fully saturated rings. The minimum Gasteiger partial charge on any atom is -0.478 e. The van der Waals surface area contributed by atoms with Crippen molar-refractivity contribution >= 4 is 29.2 Å². The summed E-state index contributed by atoms with van der Waals surface area (Å²) < 4.78 is 2.63. The van der Waals surface area contributed by atoms with Crippen LogP contribution >= 0.6 is 11.6 Å². The third-order valence-corrected chi connectivity index (χ3v) is 6.73. The van der Waals surface area contributed by atoms with E-state index >= 15 is 0 Å². The number of benzene rings is 1. The summed E-state index contributed by atoms with van der Waals surface area (Å²) in [7, 11) is 1.51. The van der Waals surface area contributed by atoms with Gasteiger partial charge in [0.05, 0.1) is 6.04 Å². The van der Waals surface area contributed by atoms with Crippen LogP contribution in [0.1, 0.15) is 31.7 Å². The predicted octanol–water partition coefficient (Wildman–Crippen LogP) is 1.61. The summed E-state index contributed by atoms with van der Waals surface area (Å²) in [4.78, 5) is 47.9. The van der Waals surface area contributed by atoms with E-state index in [0.29, 0.717) is 18.2 Å². The predicted molar refractivity (Wildman–Crippen MR) is 135 cm³/mol. The highest BCUT2D eigenvalue weighted by Gasteiger charge is 2.30. The third kappa shape index (κ3) is 7.28. The second-order valence-electron chi connectivity index (χ2n) is 8.74. The van der Waals surface area contributed by atoms with Crippen LogP contribution in [0.2, 0.25) is 5.02 Å². The highest BCUT2D eigenvalue weighted by Crippen LogP contribution is 2.31. The molecule has 2 aromatic rings. The van der Waals surface area contributed by atoms with Crippen LogP contribution in [0.25, 0.3) is 0 Å². The normalized spacial score (nSPS) is 20.6. The maximum absolute atomic E-state index is 12.3. The van der Waals surface area contributed by atoms with Gasteiger partial charge in [-0.15, -0.1) is 0 Å². The van der Waals surface area contributed by atoms with Crippen LogP contribution < -0.4 is 16.1 Å². The van der Waals surface area contributed by atoms with Crippen LogP contribution in [0.3, 0.4) is 0 Å². The van der Waals surface area contributed by atoms with Gasteiger partial charge >= 0.3 is 17.6 Å². The Morgan fingerprint density at radius 3 is 2.11 bits per heavy atom. The molecule has 0 radical (unpaired) electrons. The summed E-state index contributed by atoms with van der Waals surface area (Å²) >= 11 is 6.12. The molecule has 2 heterocycles. The number of carbonyl (C=O) groups is 2. The number of aliphatic carboxylic acids is 2. The van der Waals surface area contributed by atoms with E-state index in [2.05, 4.69) is 21.0 Å². The lowest BCUT2D eigenvalue weighted by atomic mass is 9.90. The third-order valence-electron chi connectivity index (χ3n) is 6.49. The largest absolute Gasteiger partial charge is 0.478 e. The van der Waals surface area contributed by atoms with Crippen molar-refractivity contribution in [2.75, 3.05) is 31.1 Å². The van der Waals surface area contributed by atoms with Gasteiger partial charge in [-0.3, -0.25) is 14.3 Å². The molecule has 1 aromatic carbocycles. The fraction of sp³-hybridized carbons (Fsp3) is 0.458. The van der Waals surface area contributed by atoms with Gasteiger partial charge in [0.1, 0.15) is 6.20 Å². The van der Waals surface area contributed by atoms with Gasteiger partial charge in [0.2, 0.25) is 0 Å². The highest BCUT2D eigenvalue weighted by molar-refractivity contribution is 6.30. The molecule has 1 aliphatic carbocycles. The molecule has 2 aliphatic rings. The fourth-order valence-corrected chi connectivity index (χ4v) is 4.76. The lowest BCUT2D eigenvalue weighted by Gasteiger charge is -2.42.